The molecule has 2 fully saturated rings. The molecule has 2 saturated heterocycles. The van der Waals surface area contributed by atoms with Crippen molar-refractivity contribution in [3.8, 4) is 0 Å². The predicted octanol–water partition coefficient (Wildman–Crippen LogP) is 2.91. The molecule has 2 aliphatic heterocycles. The number of piperidine rings is 1. The molecule has 2 atom stereocenters. The highest BCUT2D eigenvalue weighted by molar-refractivity contribution is 6.02. The number of amides is 1. The number of halogens is 1. The normalized spacial score (nSPS) is 25.2. The lowest BCUT2D eigenvalue weighted by Gasteiger charge is -2.29. The molecule has 1 amide bonds. The molecule has 2 bridgehead atoms. The minimum atomic E-state index is -0.0599. The van der Waals surface area contributed by atoms with Gasteiger partial charge in [0.25, 0.3) is 5.91 Å². The number of H-pyrrole nitrogens is 1. The number of carbonyl (C=O) groups excluding carboxylic acids is 2. The average Bonchev–Trinajstić information content (AvgIpc) is 2.99. The molecule has 0 aliphatic carbocycles. The number of carbonyl (C=O) groups is 2. The van der Waals surface area contributed by atoms with Crippen LogP contribution in [0.15, 0.2) is 0 Å². The van der Waals surface area contributed by atoms with Crippen LogP contribution in [0.4, 0.5) is 0 Å². The molecule has 0 radical (unpaired) electrons. The van der Waals surface area contributed by atoms with Crippen LogP contribution in [0, 0.1) is 6.92 Å². The van der Waals surface area contributed by atoms with Crippen LogP contribution < -0.4 is 10.6 Å². The summed E-state index contributed by atoms with van der Waals surface area (Å²) in [5.41, 5.74) is 2.96. The lowest BCUT2D eigenvalue weighted by atomic mass is 9.98. The SMILES string of the molecule is CCCc1c(C(=O)NC2CC3CCC(C2)N3)[nH]c(C)c1C(C)=O.Cl. The van der Waals surface area contributed by atoms with Crippen LogP contribution in [-0.2, 0) is 6.42 Å². The van der Waals surface area contributed by atoms with Gasteiger partial charge in [-0.3, -0.25) is 9.59 Å². The first-order chi connectivity index (χ1) is 11.0. The number of ketones is 1. The van der Waals surface area contributed by atoms with Crippen molar-refractivity contribution in [2.75, 3.05) is 0 Å². The monoisotopic (exact) mass is 353 g/mol. The second-order valence-corrected chi connectivity index (χ2v) is 7.06. The molecule has 6 heteroatoms. The van der Waals surface area contributed by atoms with Gasteiger partial charge in [-0.25, -0.2) is 0 Å². The first-order valence-corrected chi connectivity index (χ1v) is 8.78. The van der Waals surface area contributed by atoms with Gasteiger partial charge in [0.15, 0.2) is 5.78 Å². The van der Waals surface area contributed by atoms with Gasteiger partial charge in [0.1, 0.15) is 5.69 Å². The molecule has 0 spiro atoms. The Hall–Kier alpha value is -1.33. The third kappa shape index (κ3) is 3.67. The van der Waals surface area contributed by atoms with Crippen LogP contribution in [0.25, 0.3) is 0 Å². The summed E-state index contributed by atoms with van der Waals surface area (Å²) in [6.07, 6.45) is 6.10. The minimum absolute atomic E-state index is 0. The van der Waals surface area contributed by atoms with E-state index >= 15 is 0 Å². The van der Waals surface area contributed by atoms with E-state index in [0.29, 0.717) is 23.3 Å². The quantitative estimate of drug-likeness (QED) is 0.712. The summed E-state index contributed by atoms with van der Waals surface area (Å²) in [5, 5.41) is 6.78. The minimum Gasteiger partial charge on any atom is -0.354 e. The number of nitrogens with one attached hydrogen (secondary N) is 3. The molecule has 0 aromatic carbocycles. The van der Waals surface area contributed by atoms with Crippen molar-refractivity contribution in [1.82, 2.24) is 15.6 Å². The van der Waals surface area contributed by atoms with E-state index in [0.717, 1.165) is 36.9 Å². The Bertz CT molecular complexity index is 614. The van der Waals surface area contributed by atoms with Gasteiger partial charge < -0.3 is 15.6 Å². The fourth-order valence-electron chi connectivity index (χ4n) is 4.28. The maximum absolute atomic E-state index is 12.8. The van der Waals surface area contributed by atoms with Gasteiger partial charge >= 0.3 is 0 Å². The lowest BCUT2D eigenvalue weighted by Crippen LogP contribution is -2.48. The summed E-state index contributed by atoms with van der Waals surface area (Å²) in [4.78, 5) is 27.8. The zero-order chi connectivity index (χ0) is 16.6. The summed E-state index contributed by atoms with van der Waals surface area (Å²) in [6, 6.07) is 1.33. The molecule has 3 heterocycles. The molecular weight excluding hydrogens is 326 g/mol. The Balaban J connectivity index is 0.00000208. The van der Waals surface area contributed by atoms with E-state index in [1.807, 2.05) is 6.92 Å². The van der Waals surface area contributed by atoms with Gasteiger partial charge in [-0.15, -0.1) is 12.4 Å². The zero-order valence-electron chi connectivity index (χ0n) is 14.7. The number of rotatable bonds is 5. The summed E-state index contributed by atoms with van der Waals surface area (Å²) in [6.45, 7) is 5.51. The Morgan fingerprint density at radius 3 is 2.38 bits per heavy atom. The smallest absolute Gasteiger partial charge is 0.268 e. The molecule has 134 valence electrons. The molecule has 24 heavy (non-hydrogen) atoms. The van der Waals surface area contributed by atoms with Crippen molar-refractivity contribution in [3.05, 3.63) is 22.5 Å². The van der Waals surface area contributed by atoms with Crippen molar-refractivity contribution in [2.24, 2.45) is 0 Å². The van der Waals surface area contributed by atoms with E-state index in [2.05, 4.69) is 22.5 Å². The van der Waals surface area contributed by atoms with E-state index in [1.165, 1.54) is 12.8 Å². The molecular formula is C18H28ClN3O2. The van der Waals surface area contributed by atoms with Crippen LogP contribution in [-0.4, -0.2) is 34.8 Å². The fourth-order valence-corrected chi connectivity index (χ4v) is 4.28. The third-order valence-electron chi connectivity index (χ3n) is 5.18. The molecule has 3 rings (SSSR count). The fraction of sp³-hybridized carbons (Fsp3) is 0.667. The Kier molecular flexibility index (Phi) is 6.10. The van der Waals surface area contributed by atoms with Crippen LogP contribution in [0.3, 0.4) is 0 Å². The Morgan fingerprint density at radius 1 is 1.21 bits per heavy atom. The number of fused-ring (bicyclic) bond motifs is 2. The van der Waals surface area contributed by atoms with Crippen LogP contribution in [0.1, 0.15) is 78.1 Å². The summed E-state index contributed by atoms with van der Waals surface area (Å²) in [7, 11) is 0. The zero-order valence-corrected chi connectivity index (χ0v) is 15.5. The standard InChI is InChI=1S/C18H27N3O2.ClH/c1-4-5-15-16(11(3)22)10(2)19-17(15)18(23)21-14-8-12-6-7-13(9-14)20-12;/h12-14,19-20H,4-9H2,1-3H3,(H,21,23);1H. The highest BCUT2D eigenvalue weighted by Gasteiger charge is 2.34. The maximum atomic E-state index is 12.8. The second-order valence-electron chi connectivity index (χ2n) is 7.06. The predicted molar refractivity (Wildman–Crippen MR) is 97.2 cm³/mol. The first-order valence-electron chi connectivity index (χ1n) is 8.78. The van der Waals surface area contributed by atoms with E-state index < -0.39 is 0 Å². The number of aromatic nitrogens is 1. The van der Waals surface area contributed by atoms with E-state index in [4.69, 9.17) is 0 Å². The Labute approximate surface area is 149 Å². The largest absolute Gasteiger partial charge is 0.354 e. The molecule has 1 aromatic heterocycles. The molecule has 3 N–H and O–H groups in total. The second kappa shape index (κ2) is 7.70. The van der Waals surface area contributed by atoms with Crippen LogP contribution in [0.5, 0.6) is 0 Å². The van der Waals surface area contributed by atoms with Gasteiger partial charge in [0.05, 0.1) is 0 Å². The molecule has 2 aliphatic rings. The number of aryl methyl sites for hydroxylation is 1. The first kappa shape index (κ1) is 19.0. The number of aromatic amines is 1. The number of Topliss-reactive ketones (excluding diaryl/α,β-unsaturated/α-hetero) is 1. The van der Waals surface area contributed by atoms with Gasteiger partial charge in [-0.05, 0) is 51.5 Å². The molecule has 5 nitrogen and oxygen atoms in total. The number of hydrogen-bond donors (Lipinski definition) is 3. The summed E-state index contributed by atoms with van der Waals surface area (Å²) >= 11 is 0. The van der Waals surface area contributed by atoms with Crippen molar-refractivity contribution in [1.29, 1.82) is 0 Å². The maximum Gasteiger partial charge on any atom is 0.268 e. The van der Waals surface area contributed by atoms with Crippen molar-refractivity contribution >= 4 is 24.1 Å². The van der Waals surface area contributed by atoms with Gasteiger partial charge in [0.2, 0.25) is 0 Å². The van der Waals surface area contributed by atoms with Crippen LogP contribution >= 0.6 is 12.4 Å². The van der Waals surface area contributed by atoms with Gasteiger partial charge in [-0.2, -0.15) is 0 Å². The molecule has 2 unspecified atom stereocenters. The highest BCUT2D eigenvalue weighted by atomic mass is 35.5. The van der Waals surface area contributed by atoms with Gasteiger partial charge in [0, 0.05) is 29.4 Å². The molecule has 0 saturated carbocycles. The number of hydrogen-bond acceptors (Lipinski definition) is 3. The topological polar surface area (TPSA) is 74.0 Å². The van der Waals surface area contributed by atoms with Crippen LogP contribution in [0.2, 0.25) is 0 Å². The third-order valence-corrected chi connectivity index (χ3v) is 5.18. The van der Waals surface area contributed by atoms with E-state index in [-0.39, 0.29) is 30.1 Å². The Morgan fingerprint density at radius 2 is 1.83 bits per heavy atom. The molecule has 1 aromatic rings. The highest BCUT2D eigenvalue weighted by Crippen LogP contribution is 2.27. The van der Waals surface area contributed by atoms with Crippen molar-refractivity contribution in [3.63, 3.8) is 0 Å². The van der Waals surface area contributed by atoms with Crippen molar-refractivity contribution in [2.45, 2.75) is 77.4 Å². The lowest BCUT2D eigenvalue weighted by molar-refractivity contribution is 0.0918. The van der Waals surface area contributed by atoms with Gasteiger partial charge in [-0.1, -0.05) is 13.3 Å². The summed E-state index contributed by atoms with van der Waals surface area (Å²) in [5.74, 6) is -0.0310. The summed E-state index contributed by atoms with van der Waals surface area (Å²) < 4.78 is 0. The van der Waals surface area contributed by atoms with Crippen molar-refractivity contribution < 1.29 is 9.59 Å². The average molecular weight is 354 g/mol. The van der Waals surface area contributed by atoms with E-state index in [9.17, 15) is 9.59 Å². The van der Waals surface area contributed by atoms with E-state index in [1.54, 1.807) is 6.92 Å².